The van der Waals surface area contributed by atoms with E-state index >= 15 is 0 Å². The third-order valence-electron chi connectivity index (χ3n) is 4.39. The van der Waals surface area contributed by atoms with Crippen LogP contribution in [0, 0.1) is 0 Å². The van der Waals surface area contributed by atoms with Crippen molar-refractivity contribution < 1.29 is 22.7 Å². The first-order valence-electron chi connectivity index (χ1n) is 8.75. The van der Waals surface area contributed by atoms with Gasteiger partial charge < -0.3 is 14.8 Å². The number of carbonyl (C=O) groups excluding carboxylic acids is 1. The highest BCUT2D eigenvalue weighted by Gasteiger charge is 2.39. The summed E-state index contributed by atoms with van der Waals surface area (Å²) in [6.45, 7) is 2.05. The van der Waals surface area contributed by atoms with Gasteiger partial charge in [-0.1, -0.05) is 30.3 Å². The van der Waals surface area contributed by atoms with Gasteiger partial charge in [0.15, 0.2) is 16.4 Å². The van der Waals surface area contributed by atoms with Crippen LogP contribution in [0.3, 0.4) is 0 Å². The number of rotatable bonds is 7. The summed E-state index contributed by atoms with van der Waals surface area (Å²) >= 11 is 0. The summed E-state index contributed by atoms with van der Waals surface area (Å²) in [5.41, 5.74) is 0.367. The molecule has 1 atom stereocenters. The zero-order chi connectivity index (χ0) is 19.3. The van der Waals surface area contributed by atoms with Gasteiger partial charge in [0, 0.05) is 0 Å². The maximum atomic E-state index is 12.1. The van der Waals surface area contributed by atoms with Crippen molar-refractivity contribution in [2.75, 3.05) is 18.1 Å². The van der Waals surface area contributed by atoms with Crippen molar-refractivity contribution in [3.8, 4) is 11.5 Å². The molecule has 1 fully saturated rings. The van der Waals surface area contributed by atoms with Crippen LogP contribution in [0.2, 0.25) is 0 Å². The molecule has 27 heavy (non-hydrogen) atoms. The number of nitrogens with one attached hydrogen (secondary N) is 1. The van der Waals surface area contributed by atoms with Crippen molar-refractivity contribution in [3.63, 3.8) is 0 Å². The van der Waals surface area contributed by atoms with Crippen LogP contribution in [0.15, 0.2) is 54.6 Å². The molecule has 1 aliphatic rings. The Morgan fingerprint density at radius 1 is 1.04 bits per heavy atom. The van der Waals surface area contributed by atoms with E-state index in [0.717, 1.165) is 5.56 Å². The zero-order valence-electron chi connectivity index (χ0n) is 15.2. The van der Waals surface area contributed by atoms with Gasteiger partial charge in [0.1, 0.15) is 18.1 Å². The molecule has 2 aromatic rings. The van der Waals surface area contributed by atoms with E-state index in [2.05, 4.69) is 5.32 Å². The Morgan fingerprint density at radius 3 is 2.26 bits per heavy atom. The van der Waals surface area contributed by atoms with Crippen LogP contribution in [0.1, 0.15) is 18.9 Å². The zero-order valence-corrected chi connectivity index (χ0v) is 16.0. The van der Waals surface area contributed by atoms with Crippen molar-refractivity contribution in [2.45, 2.75) is 25.5 Å². The molecular weight excluding hydrogens is 366 g/mol. The molecule has 1 saturated heterocycles. The molecule has 3 rings (SSSR count). The van der Waals surface area contributed by atoms with Crippen molar-refractivity contribution >= 4 is 15.7 Å². The molecular formula is C20H23NO5S. The Morgan fingerprint density at radius 2 is 1.67 bits per heavy atom. The highest BCUT2D eigenvalue weighted by Crippen LogP contribution is 2.23. The third kappa shape index (κ3) is 5.72. The van der Waals surface area contributed by atoms with E-state index in [9.17, 15) is 13.2 Å². The van der Waals surface area contributed by atoms with E-state index in [-0.39, 0.29) is 24.0 Å². The van der Waals surface area contributed by atoms with Gasteiger partial charge in [-0.2, -0.15) is 0 Å². The molecule has 0 spiro atoms. The Labute approximate surface area is 159 Å². The highest BCUT2D eigenvalue weighted by molar-refractivity contribution is 7.91. The second-order valence-electron chi connectivity index (χ2n) is 6.99. The lowest BCUT2D eigenvalue weighted by atomic mass is 10.0. The molecule has 1 aliphatic heterocycles. The standard InChI is InChI=1S/C20H23NO5S/c1-20(11-12-27(23,24)15-20)21-19(22)14-26-18-9-7-17(8-10-18)25-13-16-5-3-2-4-6-16/h2-10H,11-15H2,1H3,(H,21,22)/t20-/m1/s1. The van der Waals surface area contributed by atoms with Crippen molar-refractivity contribution in [1.82, 2.24) is 5.32 Å². The van der Waals surface area contributed by atoms with Crippen LogP contribution in [-0.2, 0) is 21.2 Å². The number of sulfone groups is 1. The van der Waals surface area contributed by atoms with Crippen molar-refractivity contribution in [2.24, 2.45) is 0 Å². The normalized spacial score (nSPS) is 20.8. The van der Waals surface area contributed by atoms with E-state index in [1.807, 2.05) is 30.3 Å². The maximum absolute atomic E-state index is 12.1. The van der Waals surface area contributed by atoms with Gasteiger partial charge >= 0.3 is 0 Å². The summed E-state index contributed by atoms with van der Waals surface area (Å²) in [5, 5.41) is 2.76. The topological polar surface area (TPSA) is 81.7 Å². The fourth-order valence-electron chi connectivity index (χ4n) is 3.00. The summed E-state index contributed by atoms with van der Waals surface area (Å²) in [4.78, 5) is 12.1. The Hall–Kier alpha value is -2.54. The van der Waals surface area contributed by atoms with E-state index in [0.29, 0.717) is 24.5 Å². The SMILES string of the molecule is C[C@@]1(NC(=O)COc2ccc(OCc3ccccc3)cc2)CCS(=O)(=O)C1. The van der Waals surface area contributed by atoms with Crippen LogP contribution in [0.4, 0.5) is 0 Å². The lowest BCUT2D eigenvalue weighted by Crippen LogP contribution is -2.48. The minimum atomic E-state index is -3.07. The predicted molar refractivity (Wildman–Crippen MR) is 103 cm³/mol. The van der Waals surface area contributed by atoms with Gasteiger partial charge in [-0.25, -0.2) is 8.42 Å². The second-order valence-corrected chi connectivity index (χ2v) is 9.17. The highest BCUT2D eigenvalue weighted by atomic mass is 32.2. The van der Waals surface area contributed by atoms with Gasteiger partial charge in [0.2, 0.25) is 0 Å². The molecule has 144 valence electrons. The van der Waals surface area contributed by atoms with Gasteiger partial charge in [-0.05, 0) is 43.2 Å². The molecule has 1 heterocycles. The molecule has 2 aromatic carbocycles. The van der Waals surface area contributed by atoms with Crippen molar-refractivity contribution in [3.05, 3.63) is 60.2 Å². The van der Waals surface area contributed by atoms with E-state index in [1.165, 1.54) is 0 Å². The van der Waals surface area contributed by atoms with Gasteiger partial charge in [0.25, 0.3) is 5.91 Å². The fraction of sp³-hybridized carbons (Fsp3) is 0.350. The number of ether oxygens (including phenoxy) is 2. The summed E-state index contributed by atoms with van der Waals surface area (Å²) < 4.78 is 34.4. The van der Waals surface area contributed by atoms with E-state index < -0.39 is 15.4 Å². The van der Waals surface area contributed by atoms with Gasteiger partial charge in [-0.15, -0.1) is 0 Å². The predicted octanol–water partition coefficient (Wildman–Crippen LogP) is 2.34. The number of carbonyl (C=O) groups is 1. The first-order chi connectivity index (χ1) is 12.8. The Bertz CT molecular complexity index is 880. The lowest BCUT2D eigenvalue weighted by molar-refractivity contribution is -0.124. The van der Waals surface area contributed by atoms with Crippen LogP contribution in [0.5, 0.6) is 11.5 Å². The third-order valence-corrected chi connectivity index (χ3v) is 6.29. The summed E-state index contributed by atoms with van der Waals surface area (Å²) in [5.74, 6) is 0.994. The number of hydrogen-bond acceptors (Lipinski definition) is 5. The van der Waals surface area contributed by atoms with Gasteiger partial charge in [0.05, 0.1) is 17.0 Å². The van der Waals surface area contributed by atoms with Crippen LogP contribution in [0.25, 0.3) is 0 Å². The summed E-state index contributed by atoms with van der Waals surface area (Å²) in [6, 6.07) is 16.9. The first-order valence-corrected chi connectivity index (χ1v) is 10.6. The molecule has 1 amide bonds. The monoisotopic (exact) mass is 389 g/mol. The molecule has 0 radical (unpaired) electrons. The molecule has 0 aliphatic carbocycles. The quantitative estimate of drug-likeness (QED) is 0.786. The minimum Gasteiger partial charge on any atom is -0.489 e. The smallest absolute Gasteiger partial charge is 0.258 e. The van der Waals surface area contributed by atoms with Crippen LogP contribution in [-0.4, -0.2) is 38.0 Å². The van der Waals surface area contributed by atoms with E-state index in [4.69, 9.17) is 9.47 Å². The van der Waals surface area contributed by atoms with E-state index in [1.54, 1.807) is 31.2 Å². The second kappa shape index (κ2) is 8.00. The largest absolute Gasteiger partial charge is 0.489 e. The van der Waals surface area contributed by atoms with Crippen molar-refractivity contribution in [1.29, 1.82) is 0 Å². The van der Waals surface area contributed by atoms with Crippen LogP contribution >= 0.6 is 0 Å². The van der Waals surface area contributed by atoms with Crippen LogP contribution < -0.4 is 14.8 Å². The maximum Gasteiger partial charge on any atom is 0.258 e. The Balaban J connectivity index is 1.45. The minimum absolute atomic E-state index is 0.0286. The molecule has 0 saturated carbocycles. The fourth-order valence-corrected chi connectivity index (χ4v) is 5.10. The average molecular weight is 389 g/mol. The number of benzene rings is 2. The number of hydrogen-bond donors (Lipinski definition) is 1. The number of amides is 1. The molecule has 0 unspecified atom stereocenters. The summed E-state index contributed by atoms with van der Waals surface area (Å²) in [6.07, 6.45) is 0.425. The summed E-state index contributed by atoms with van der Waals surface area (Å²) in [7, 11) is -3.07. The first kappa shape index (κ1) is 19.2. The average Bonchev–Trinajstić information content (AvgIpc) is 2.92. The van der Waals surface area contributed by atoms with Gasteiger partial charge in [-0.3, -0.25) is 4.79 Å². The Kier molecular flexibility index (Phi) is 5.70. The molecule has 0 bridgehead atoms. The lowest BCUT2D eigenvalue weighted by Gasteiger charge is -2.23. The molecule has 7 heteroatoms. The molecule has 6 nitrogen and oxygen atoms in total. The molecule has 1 N–H and O–H groups in total. The molecule has 0 aromatic heterocycles.